The lowest BCUT2D eigenvalue weighted by Crippen LogP contribution is -2.25. The molecule has 2 saturated carbocycles. The predicted octanol–water partition coefficient (Wildman–Crippen LogP) is 12.2. The number of hydrogen-bond donors (Lipinski definition) is 0. The second kappa shape index (κ2) is 14.6. The van der Waals surface area contributed by atoms with Gasteiger partial charge in [-0.25, -0.2) is 13.2 Å². The summed E-state index contributed by atoms with van der Waals surface area (Å²) in [4.78, 5) is 0. The van der Waals surface area contributed by atoms with Crippen LogP contribution < -0.4 is 0 Å². The van der Waals surface area contributed by atoms with Gasteiger partial charge in [-0.2, -0.15) is 0 Å². The molecule has 0 amide bonds. The van der Waals surface area contributed by atoms with Crippen LogP contribution >= 0.6 is 0 Å². The van der Waals surface area contributed by atoms with Gasteiger partial charge >= 0.3 is 0 Å². The van der Waals surface area contributed by atoms with Gasteiger partial charge in [0, 0.05) is 5.56 Å². The van der Waals surface area contributed by atoms with Crippen LogP contribution in [-0.2, 0) is 6.42 Å². The fourth-order valence-electron chi connectivity index (χ4n) is 7.60. The third kappa shape index (κ3) is 7.21. The van der Waals surface area contributed by atoms with Crippen molar-refractivity contribution in [2.75, 3.05) is 0 Å². The van der Waals surface area contributed by atoms with Crippen LogP contribution in [0.1, 0.15) is 108 Å². The van der Waals surface area contributed by atoms with E-state index in [1.54, 1.807) is 30.3 Å². The predicted molar refractivity (Wildman–Crippen MR) is 170 cm³/mol. The minimum Gasteiger partial charge on any atom is -0.207 e. The van der Waals surface area contributed by atoms with Crippen molar-refractivity contribution in [1.82, 2.24) is 0 Å². The lowest BCUT2D eigenvalue weighted by molar-refractivity contribution is 0.156. The van der Waals surface area contributed by atoms with Crippen LogP contribution in [0.2, 0.25) is 0 Å². The number of halogens is 3. The molecule has 5 rings (SSSR count). The van der Waals surface area contributed by atoms with Crippen LogP contribution in [0.5, 0.6) is 0 Å². The summed E-state index contributed by atoms with van der Waals surface area (Å²) in [6.07, 6.45) is 19.5. The standard InChI is InChI=1S/C39H47F3/c1-3-5-7-8-27-10-12-28(13-11-27)29-14-18-31(19-15-29)35-24-23-34(26-37(35)40)30-16-20-32(21-17-30)36-25-22-33(9-6-4-2)38(41)39(36)42/h3,5,16-17,20-29,31H,4,6-15,18-19H2,1-2H3/b5-3+. The SMILES string of the molecule is C/C=C/CCC1CCC(C2CCC(c3ccc(-c4ccc(-c5ccc(CCCC)c(F)c5F)cc4)cc3F)CC2)CC1. The van der Waals surface area contributed by atoms with Crippen molar-refractivity contribution in [2.24, 2.45) is 17.8 Å². The van der Waals surface area contributed by atoms with Gasteiger partial charge in [-0.3, -0.25) is 0 Å². The largest absolute Gasteiger partial charge is 0.207 e. The normalized spacial score (nSPS) is 23.0. The summed E-state index contributed by atoms with van der Waals surface area (Å²) in [7, 11) is 0. The zero-order valence-electron chi connectivity index (χ0n) is 25.5. The molecule has 3 aromatic rings. The molecule has 0 unspecified atom stereocenters. The summed E-state index contributed by atoms with van der Waals surface area (Å²) in [6, 6.07) is 16.3. The first-order chi connectivity index (χ1) is 20.5. The van der Waals surface area contributed by atoms with Crippen molar-refractivity contribution >= 4 is 0 Å². The molecule has 0 aromatic heterocycles. The fraction of sp³-hybridized carbons (Fsp3) is 0.487. The number of hydrogen-bond acceptors (Lipinski definition) is 0. The van der Waals surface area contributed by atoms with Crippen molar-refractivity contribution in [2.45, 2.75) is 103 Å². The molecule has 2 aliphatic carbocycles. The lowest BCUT2D eigenvalue weighted by atomic mass is 9.68. The highest BCUT2D eigenvalue weighted by Gasteiger charge is 2.32. The number of allylic oxidation sites excluding steroid dienone is 2. The second-order valence-corrected chi connectivity index (χ2v) is 12.9. The first-order valence-corrected chi connectivity index (χ1v) is 16.5. The molecule has 42 heavy (non-hydrogen) atoms. The quantitative estimate of drug-likeness (QED) is 0.212. The van der Waals surface area contributed by atoms with E-state index >= 15 is 4.39 Å². The van der Waals surface area contributed by atoms with Gasteiger partial charge in [-0.05, 0) is 129 Å². The summed E-state index contributed by atoms with van der Waals surface area (Å²) < 4.78 is 44.9. The lowest BCUT2D eigenvalue weighted by Gasteiger charge is -2.38. The van der Waals surface area contributed by atoms with Crippen molar-refractivity contribution in [3.8, 4) is 22.3 Å². The van der Waals surface area contributed by atoms with E-state index < -0.39 is 11.6 Å². The Morgan fingerprint density at radius 1 is 0.714 bits per heavy atom. The van der Waals surface area contributed by atoms with E-state index in [9.17, 15) is 8.78 Å². The van der Waals surface area contributed by atoms with Crippen molar-refractivity contribution in [1.29, 1.82) is 0 Å². The highest BCUT2D eigenvalue weighted by atomic mass is 19.2. The molecular formula is C39H47F3. The van der Waals surface area contributed by atoms with E-state index in [1.165, 1.54) is 51.4 Å². The number of rotatable bonds is 10. The Hall–Kier alpha value is -2.81. The number of unbranched alkanes of at least 4 members (excludes halogenated alkanes) is 1. The molecule has 0 bridgehead atoms. The van der Waals surface area contributed by atoms with E-state index in [4.69, 9.17) is 0 Å². The van der Waals surface area contributed by atoms with Gasteiger partial charge in [0.25, 0.3) is 0 Å². The topological polar surface area (TPSA) is 0 Å². The molecule has 2 aliphatic rings. The number of benzene rings is 3. The van der Waals surface area contributed by atoms with E-state index in [-0.39, 0.29) is 11.4 Å². The Morgan fingerprint density at radius 3 is 2.00 bits per heavy atom. The minimum absolute atomic E-state index is 0.127. The second-order valence-electron chi connectivity index (χ2n) is 12.9. The summed E-state index contributed by atoms with van der Waals surface area (Å²) >= 11 is 0. The van der Waals surface area contributed by atoms with Crippen molar-refractivity contribution < 1.29 is 13.2 Å². The molecule has 0 aliphatic heterocycles. The zero-order valence-corrected chi connectivity index (χ0v) is 25.5. The van der Waals surface area contributed by atoms with Crippen LogP contribution in [0.3, 0.4) is 0 Å². The van der Waals surface area contributed by atoms with E-state index in [1.807, 2.05) is 31.2 Å². The Balaban J connectivity index is 1.17. The van der Waals surface area contributed by atoms with Crippen LogP contribution in [0, 0.1) is 35.2 Å². The van der Waals surface area contributed by atoms with Gasteiger partial charge < -0.3 is 0 Å². The molecule has 0 nitrogen and oxygen atoms in total. The molecule has 0 spiro atoms. The van der Waals surface area contributed by atoms with E-state index in [2.05, 4.69) is 19.1 Å². The average Bonchev–Trinajstić information content (AvgIpc) is 3.02. The Kier molecular flexibility index (Phi) is 10.6. The maximum Gasteiger partial charge on any atom is 0.166 e. The molecule has 0 heterocycles. The fourth-order valence-corrected chi connectivity index (χ4v) is 7.60. The first kappa shape index (κ1) is 30.6. The van der Waals surface area contributed by atoms with Gasteiger partial charge in [-0.1, -0.05) is 86.9 Å². The highest BCUT2D eigenvalue weighted by molar-refractivity contribution is 5.71. The third-order valence-corrected chi connectivity index (χ3v) is 10.2. The highest BCUT2D eigenvalue weighted by Crippen LogP contribution is 2.45. The molecule has 3 aromatic carbocycles. The third-order valence-electron chi connectivity index (χ3n) is 10.2. The van der Waals surface area contributed by atoms with Gasteiger partial charge in [-0.15, -0.1) is 0 Å². The summed E-state index contributed by atoms with van der Waals surface area (Å²) in [6.45, 7) is 4.14. The van der Waals surface area contributed by atoms with Crippen molar-refractivity contribution in [3.05, 3.63) is 95.3 Å². The van der Waals surface area contributed by atoms with Gasteiger partial charge in [0.1, 0.15) is 5.82 Å². The minimum atomic E-state index is -0.797. The smallest absolute Gasteiger partial charge is 0.166 e. The van der Waals surface area contributed by atoms with Gasteiger partial charge in [0.05, 0.1) is 0 Å². The van der Waals surface area contributed by atoms with Crippen molar-refractivity contribution in [3.63, 3.8) is 0 Å². The average molecular weight is 573 g/mol. The molecule has 0 atom stereocenters. The van der Waals surface area contributed by atoms with Gasteiger partial charge in [0.15, 0.2) is 11.6 Å². The first-order valence-electron chi connectivity index (χ1n) is 16.5. The van der Waals surface area contributed by atoms with Gasteiger partial charge in [0.2, 0.25) is 0 Å². The molecule has 0 radical (unpaired) electrons. The Morgan fingerprint density at radius 2 is 1.36 bits per heavy atom. The van der Waals surface area contributed by atoms with Crippen LogP contribution in [0.25, 0.3) is 22.3 Å². The molecule has 0 N–H and O–H groups in total. The van der Waals surface area contributed by atoms with Crippen LogP contribution in [0.15, 0.2) is 66.7 Å². The molecule has 0 saturated heterocycles. The molecular weight excluding hydrogens is 525 g/mol. The van der Waals surface area contributed by atoms with Crippen LogP contribution in [-0.4, -0.2) is 0 Å². The van der Waals surface area contributed by atoms with E-state index in [0.29, 0.717) is 23.5 Å². The maximum atomic E-state index is 15.4. The van der Waals surface area contributed by atoms with E-state index in [0.717, 1.165) is 60.1 Å². The molecule has 3 heteroatoms. The van der Waals surface area contributed by atoms with Crippen LogP contribution in [0.4, 0.5) is 13.2 Å². The molecule has 224 valence electrons. The molecule has 2 fully saturated rings. The maximum absolute atomic E-state index is 15.4. The number of aryl methyl sites for hydroxylation is 1. The zero-order chi connectivity index (χ0) is 29.5. The monoisotopic (exact) mass is 572 g/mol. The Bertz CT molecular complexity index is 1320. The Labute approximate surface area is 251 Å². The summed E-state index contributed by atoms with van der Waals surface area (Å²) in [5, 5.41) is 0. The summed E-state index contributed by atoms with van der Waals surface area (Å²) in [5.74, 6) is 1.20. The summed E-state index contributed by atoms with van der Waals surface area (Å²) in [5.41, 5.74) is 3.83.